The molecule has 4 rings (SSSR count). The molecular weight excluding hydrogens is 312 g/mol. The molecule has 1 aliphatic heterocycles. The molecule has 0 amide bonds. The Hall–Kier alpha value is -2.09. The van der Waals surface area contributed by atoms with Crippen LogP contribution in [0.3, 0.4) is 0 Å². The van der Waals surface area contributed by atoms with Crippen LogP contribution >= 0.6 is 11.3 Å². The van der Waals surface area contributed by atoms with Crippen LogP contribution in [0.2, 0.25) is 0 Å². The van der Waals surface area contributed by atoms with Gasteiger partial charge in [-0.15, -0.1) is 11.3 Å². The molecular formula is C16H16N4O2S. The average Bonchev–Trinajstić information content (AvgIpc) is 3.10. The van der Waals surface area contributed by atoms with Crippen molar-refractivity contribution < 1.29 is 4.74 Å². The molecule has 0 aromatic carbocycles. The number of thiazole rings is 1. The molecule has 0 aliphatic carbocycles. The van der Waals surface area contributed by atoms with Crippen molar-refractivity contribution in [1.29, 1.82) is 0 Å². The Kier molecular flexibility index (Phi) is 3.90. The smallest absolute Gasteiger partial charge is 0.258 e. The van der Waals surface area contributed by atoms with E-state index < -0.39 is 0 Å². The van der Waals surface area contributed by atoms with E-state index >= 15 is 0 Å². The fraction of sp³-hybridized carbons (Fsp3) is 0.312. The van der Waals surface area contributed by atoms with Gasteiger partial charge in [0.25, 0.3) is 5.56 Å². The van der Waals surface area contributed by atoms with Gasteiger partial charge in [-0.25, -0.2) is 9.97 Å². The highest BCUT2D eigenvalue weighted by molar-refractivity contribution is 7.09. The van der Waals surface area contributed by atoms with Crippen LogP contribution in [0, 0.1) is 0 Å². The standard InChI is InChI=1S/C16H16N4O2S/c21-15-9-12(18-14-3-1-2-5-20(14)15)10-19-6-7-22-13(11-19)16-17-4-8-23-16/h1-5,8-9,13H,6-7,10-11H2/t13-/m1/s1. The van der Waals surface area contributed by atoms with Gasteiger partial charge >= 0.3 is 0 Å². The Morgan fingerprint density at radius 1 is 1.39 bits per heavy atom. The monoisotopic (exact) mass is 328 g/mol. The molecule has 118 valence electrons. The number of aromatic nitrogens is 3. The van der Waals surface area contributed by atoms with E-state index in [2.05, 4.69) is 14.9 Å². The van der Waals surface area contributed by atoms with Gasteiger partial charge in [0.1, 0.15) is 16.8 Å². The molecule has 23 heavy (non-hydrogen) atoms. The van der Waals surface area contributed by atoms with Crippen molar-refractivity contribution in [3.8, 4) is 0 Å². The molecule has 0 saturated carbocycles. The molecule has 0 N–H and O–H groups in total. The molecule has 0 unspecified atom stereocenters. The number of fused-ring (bicyclic) bond motifs is 1. The quantitative estimate of drug-likeness (QED) is 0.733. The molecule has 1 aliphatic rings. The van der Waals surface area contributed by atoms with E-state index in [1.807, 2.05) is 23.6 Å². The van der Waals surface area contributed by atoms with Gasteiger partial charge in [0, 0.05) is 43.5 Å². The lowest BCUT2D eigenvalue weighted by Gasteiger charge is -2.31. The van der Waals surface area contributed by atoms with E-state index in [9.17, 15) is 4.79 Å². The summed E-state index contributed by atoms with van der Waals surface area (Å²) < 4.78 is 7.36. The Morgan fingerprint density at radius 3 is 3.22 bits per heavy atom. The number of nitrogens with zero attached hydrogens (tertiary/aromatic N) is 4. The number of pyridine rings is 1. The van der Waals surface area contributed by atoms with Gasteiger partial charge in [-0.3, -0.25) is 14.1 Å². The zero-order chi connectivity index (χ0) is 15.6. The lowest BCUT2D eigenvalue weighted by atomic mass is 10.2. The summed E-state index contributed by atoms with van der Waals surface area (Å²) in [6.45, 7) is 2.91. The van der Waals surface area contributed by atoms with E-state index in [0.717, 1.165) is 23.8 Å². The third kappa shape index (κ3) is 3.03. The highest BCUT2D eigenvalue weighted by atomic mass is 32.1. The first-order chi connectivity index (χ1) is 11.3. The van der Waals surface area contributed by atoms with Gasteiger partial charge in [0.2, 0.25) is 0 Å². The van der Waals surface area contributed by atoms with Crippen molar-refractivity contribution in [2.45, 2.75) is 12.6 Å². The number of ether oxygens (including phenoxy) is 1. The highest BCUT2D eigenvalue weighted by Gasteiger charge is 2.24. The van der Waals surface area contributed by atoms with E-state index in [-0.39, 0.29) is 11.7 Å². The summed E-state index contributed by atoms with van der Waals surface area (Å²) in [6.07, 6.45) is 3.54. The first-order valence-electron chi connectivity index (χ1n) is 7.50. The minimum Gasteiger partial charge on any atom is -0.368 e. The highest BCUT2D eigenvalue weighted by Crippen LogP contribution is 2.24. The second-order valence-corrected chi connectivity index (χ2v) is 6.41. The molecule has 7 heteroatoms. The lowest BCUT2D eigenvalue weighted by Crippen LogP contribution is -2.38. The van der Waals surface area contributed by atoms with Gasteiger partial charge in [-0.05, 0) is 12.1 Å². The summed E-state index contributed by atoms with van der Waals surface area (Å²) >= 11 is 1.61. The number of hydrogen-bond acceptors (Lipinski definition) is 6. The summed E-state index contributed by atoms with van der Waals surface area (Å²) in [5, 5.41) is 2.96. The SMILES string of the molecule is O=c1cc(CN2CCO[C@@H](c3nccs3)C2)nc2ccccn12. The van der Waals surface area contributed by atoms with Gasteiger partial charge in [-0.2, -0.15) is 0 Å². The third-order valence-corrected chi connectivity index (χ3v) is 4.75. The van der Waals surface area contributed by atoms with Crippen molar-refractivity contribution in [2.24, 2.45) is 0 Å². The molecule has 1 fully saturated rings. The predicted molar refractivity (Wildman–Crippen MR) is 87.5 cm³/mol. The van der Waals surface area contributed by atoms with Gasteiger partial charge in [0.15, 0.2) is 0 Å². The molecule has 1 saturated heterocycles. The fourth-order valence-electron chi connectivity index (χ4n) is 2.80. The Labute approximate surface area is 137 Å². The number of morpholine rings is 1. The molecule has 3 aromatic rings. The van der Waals surface area contributed by atoms with Crippen molar-refractivity contribution in [2.75, 3.05) is 19.7 Å². The van der Waals surface area contributed by atoms with Crippen molar-refractivity contribution in [3.63, 3.8) is 0 Å². The van der Waals surface area contributed by atoms with Crippen LogP contribution in [0.5, 0.6) is 0 Å². The summed E-state index contributed by atoms with van der Waals surface area (Å²) in [5.41, 5.74) is 1.43. The summed E-state index contributed by atoms with van der Waals surface area (Å²) in [5.74, 6) is 0. The van der Waals surface area contributed by atoms with Crippen LogP contribution < -0.4 is 5.56 Å². The topological polar surface area (TPSA) is 59.7 Å². The number of hydrogen-bond donors (Lipinski definition) is 0. The molecule has 0 spiro atoms. The zero-order valence-electron chi connectivity index (χ0n) is 12.5. The van der Waals surface area contributed by atoms with Crippen molar-refractivity contribution in [1.82, 2.24) is 19.3 Å². The van der Waals surface area contributed by atoms with Gasteiger partial charge in [0.05, 0.1) is 12.3 Å². The Bertz CT molecular complexity index is 862. The maximum atomic E-state index is 12.2. The Balaban J connectivity index is 1.54. The second-order valence-electron chi connectivity index (χ2n) is 5.48. The van der Waals surface area contributed by atoms with E-state index in [1.165, 1.54) is 0 Å². The normalized spacial score (nSPS) is 19.2. The zero-order valence-corrected chi connectivity index (χ0v) is 13.3. The molecule has 0 radical (unpaired) electrons. The van der Waals surface area contributed by atoms with Crippen LogP contribution in [-0.2, 0) is 11.3 Å². The van der Waals surface area contributed by atoms with Crippen LogP contribution in [-0.4, -0.2) is 39.0 Å². The van der Waals surface area contributed by atoms with Gasteiger partial charge < -0.3 is 4.74 Å². The minimum absolute atomic E-state index is 0.00491. The molecule has 0 bridgehead atoms. The van der Waals surface area contributed by atoms with E-state index in [1.54, 1.807) is 34.2 Å². The van der Waals surface area contributed by atoms with Crippen molar-refractivity contribution in [3.05, 3.63) is 63.1 Å². The molecule has 3 aromatic heterocycles. The third-order valence-electron chi connectivity index (χ3n) is 3.89. The van der Waals surface area contributed by atoms with E-state index in [0.29, 0.717) is 18.8 Å². The second kappa shape index (κ2) is 6.19. The summed E-state index contributed by atoms with van der Waals surface area (Å²) in [6, 6.07) is 7.18. The maximum absolute atomic E-state index is 12.2. The van der Waals surface area contributed by atoms with Crippen molar-refractivity contribution >= 4 is 17.0 Å². The summed E-state index contributed by atoms with van der Waals surface area (Å²) in [7, 11) is 0. The average molecular weight is 328 g/mol. The minimum atomic E-state index is -0.0460. The van der Waals surface area contributed by atoms with E-state index in [4.69, 9.17) is 4.74 Å². The molecule has 6 nitrogen and oxygen atoms in total. The van der Waals surface area contributed by atoms with Crippen LogP contribution in [0.4, 0.5) is 0 Å². The Morgan fingerprint density at radius 2 is 2.35 bits per heavy atom. The number of rotatable bonds is 3. The van der Waals surface area contributed by atoms with Gasteiger partial charge in [-0.1, -0.05) is 6.07 Å². The van der Waals surface area contributed by atoms with Crippen LogP contribution in [0.1, 0.15) is 16.8 Å². The first-order valence-corrected chi connectivity index (χ1v) is 8.38. The predicted octanol–water partition coefficient (Wildman–Crippen LogP) is 1.72. The van der Waals surface area contributed by atoms with Crippen LogP contribution in [0.15, 0.2) is 46.8 Å². The molecule has 1 atom stereocenters. The van der Waals surface area contributed by atoms with Crippen LogP contribution in [0.25, 0.3) is 5.65 Å². The summed E-state index contributed by atoms with van der Waals surface area (Å²) in [4.78, 5) is 23.3. The maximum Gasteiger partial charge on any atom is 0.258 e. The lowest BCUT2D eigenvalue weighted by molar-refractivity contribution is -0.0333. The largest absolute Gasteiger partial charge is 0.368 e. The molecule has 4 heterocycles. The first kappa shape index (κ1) is 14.5. The fourth-order valence-corrected chi connectivity index (χ4v) is 3.48.